The smallest absolute Gasteiger partial charge is 0.394 e. The molecule has 0 bridgehead atoms. The van der Waals surface area contributed by atoms with Crippen LogP contribution in [0.2, 0.25) is 0 Å². The van der Waals surface area contributed by atoms with Crippen LogP contribution in [0.3, 0.4) is 0 Å². The molecule has 1 aliphatic rings. The van der Waals surface area contributed by atoms with Crippen molar-refractivity contribution in [1.29, 1.82) is 0 Å². The molecular formula is C21H26F3N7O8. The number of ether oxygens (including phenoxy) is 2. The number of carbonyl (C=O) groups is 4. The van der Waals surface area contributed by atoms with Crippen LogP contribution >= 0.6 is 0 Å². The average Bonchev–Trinajstić information content (AvgIpc) is 3.39. The van der Waals surface area contributed by atoms with E-state index in [9.17, 15) is 42.6 Å². The zero-order chi connectivity index (χ0) is 28.9. The Morgan fingerprint density at radius 2 is 1.85 bits per heavy atom. The lowest BCUT2D eigenvalue weighted by Gasteiger charge is -2.22. The Balaban J connectivity index is 1.77. The molecule has 0 saturated carbocycles. The number of hydrogen-bond acceptors (Lipinski definition) is 11. The average molecular weight is 561 g/mol. The van der Waals surface area contributed by atoms with Gasteiger partial charge in [-0.25, -0.2) is 4.98 Å². The van der Waals surface area contributed by atoms with Crippen LogP contribution in [0, 0.1) is 0 Å². The van der Waals surface area contributed by atoms with E-state index < -0.39 is 73.9 Å². The predicted octanol–water partition coefficient (Wildman–Crippen LogP) is -0.593. The first-order valence-electron chi connectivity index (χ1n) is 11.5. The summed E-state index contributed by atoms with van der Waals surface area (Å²) in [5, 5.41) is 27.4. The standard InChI is InChI=1S/C21H26F3N7O8/c1-9(33)27-17-14-18(30-20(29-17)28-10(2)34)31(8-26-14)19-16(15(37)11(6-32)39-19)38-7-13(36)25-5-3-4-12(35)21(22,23)24/h8,11,15-16,19,32,37H,3-7H2,1-2H3,(H,25,36)(H2,27,28,29,30,33,34)/t11-,15?,16+,19-/m1/s1. The number of imidazole rings is 1. The Morgan fingerprint density at radius 3 is 2.46 bits per heavy atom. The fourth-order valence-electron chi connectivity index (χ4n) is 3.68. The monoisotopic (exact) mass is 561 g/mol. The van der Waals surface area contributed by atoms with E-state index in [-0.39, 0.29) is 35.9 Å². The normalized spacial score (nSPS) is 21.1. The molecular weight excluding hydrogens is 535 g/mol. The summed E-state index contributed by atoms with van der Waals surface area (Å²) in [6, 6.07) is 0. The predicted molar refractivity (Wildman–Crippen MR) is 124 cm³/mol. The number of alkyl halides is 3. The second-order valence-electron chi connectivity index (χ2n) is 8.47. The third-order valence-corrected chi connectivity index (χ3v) is 5.40. The third-order valence-electron chi connectivity index (χ3n) is 5.40. The van der Waals surface area contributed by atoms with Gasteiger partial charge in [-0.15, -0.1) is 0 Å². The molecule has 2 aromatic rings. The lowest BCUT2D eigenvalue weighted by molar-refractivity contribution is -0.171. The molecule has 1 fully saturated rings. The lowest BCUT2D eigenvalue weighted by atomic mass is 10.1. The van der Waals surface area contributed by atoms with Gasteiger partial charge in [0.1, 0.15) is 24.9 Å². The molecule has 1 aliphatic heterocycles. The van der Waals surface area contributed by atoms with E-state index in [2.05, 4.69) is 30.9 Å². The van der Waals surface area contributed by atoms with E-state index in [1.165, 1.54) is 24.7 Å². The molecule has 3 amide bonds. The Bertz CT molecular complexity index is 1240. The van der Waals surface area contributed by atoms with Crippen molar-refractivity contribution >= 4 is 46.4 Å². The largest absolute Gasteiger partial charge is 0.449 e. The molecule has 214 valence electrons. The molecule has 3 heterocycles. The number of anilines is 2. The molecule has 0 radical (unpaired) electrons. The van der Waals surface area contributed by atoms with Gasteiger partial charge < -0.3 is 30.3 Å². The minimum atomic E-state index is -4.95. The highest BCUT2D eigenvalue weighted by Gasteiger charge is 2.46. The summed E-state index contributed by atoms with van der Waals surface area (Å²) in [4.78, 5) is 58.7. The Hall–Kier alpha value is -3.74. The van der Waals surface area contributed by atoms with Crippen LogP contribution in [-0.4, -0.2) is 97.5 Å². The number of halogens is 3. The summed E-state index contributed by atoms with van der Waals surface area (Å²) in [5.41, 5.74) is 0.135. The second-order valence-corrected chi connectivity index (χ2v) is 8.47. The summed E-state index contributed by atoms with van der Waals surface area (Å²) in [6.07, 6.45) is -9.79. The number of Topliss-reactive ketones (excluding diaryl/α,β-unsaturated/α-hetero) is 1. The molecule has 1 saturated heterocycles. The van der Waals surface area contributed by atoms with Crippen molar-refractivity contribution in [2.45, 2.75) is 57.4 Å². The topological polar surface area (TPSA) is 207 Å². The van der Waals surface area contributed by atoms with Gasteiger partial charge >= 0.3 is 6.18 Å². The number of aliphatic hydroxyl groups is 2. The van der Waals surface area contributed by atoms with Crippen molar-refractivity contribution in [3.8, 4) is 0 Å². The molecule has 0 aromatic carbocycles. The number of fused-ring (bicyclic) bond motifs is 1. The Morgan fingerprint density at radius 1 is 1.15 bits per heavy atom. The summed E-state index contributed by atoms with van der Waals surface area (Å²) >= 11 is 0. The number of aromatic nitrogens is 4. The van der Waals surface area contributed by atoms with Crippen LogP contribution in [0.25, 0.3) is 11.2 Å². The van der Waals surface area contributed by atoms with E-state index in [4.69, 9.17) is 9.47 Å². The summed E-state index contributed by atoms with van der Waals surface area (Å²) in [5.74, 6) is -3.85. The number of ketones is 1. The highest BCUT2D eigenvalue weighted by atomic mass is 19.4. The van der Waals surface area contributed by atoms with Gasteiger partial charge in [-0.3, -0.25) is 29.1 Å². The van der Waals surface area contributed by atoms with Gasteiger partial charge in [-0.1, -0.05) is 0 Å². The van der Waals surface area contributed by atoms with Gasteiger partial charge in [0.25, 0.3) is 0 Å². The van der Waals surface area contributed by atoms with Crippen LogP contribution in [0.15, 0.2) is 6.33 Å². The van der Waals surface area contributed by atoms with Crippen LogP contribution in [-0.2, 0) is 28.7 Å². The summed E-state index contributed by atoms with van der Waals surface area (Å²) in [7, 11) is 0. The number of aliphatic hydroxyl groups excluding tert-OH is 2. The summed E-state index contributed by atoms with van der Waals surface area (Å²) in [6.45, 7) is 0.954. The van der Waals surface area contributed by atoms with E-state index in [1.54, 1.807) is 0 Å². The van der Waals surface area contributed by atoms with E-state index in [0.29, 0.717) is 0 Å². The summed E-state index contributed by atoms with van der Waals surface area (Å²) < 4.78 is 49.3. The highest BCUT2D eigenvalue weighted by molar-refractivity contribution is 5.97. The number of amides is 3. The first-order valence-corrected chi connectivity index (χ1v) is 11.5. The maximum Gasteiger partial charge on any atom is 0.449 e. The van der Waals surface area contributed by atoms with Gasteiger partial charge in [0, 0.05) is 26.8 Å². The van der Waals surface area contributed by atoms with Crippen molar-refractivity contribution in [3.63, 3.8) is 0 Å². The molecule has 1 unspecified atom stereocenters. The minimum Gasteiger partial charge on any atom is -0.394 e. The quantitative estimate of drug-likeness (QED) is 0.219. The van der Waals surface area contributed by atoms with Gasteiger partial charge in [0.05, 0.1) is 12.9 Å². The molecule has 0 aliphatic carbocycles. The van der Waals surface area contributed by atoms with E-state index >= 15 is 0 Å². The van der Waals surface area contributed by atoms with Crippen LogP contribution in [0.1, 0.15) is 32.9 Å². The van der Waals surface area contributed by atoms with Crippen molar-refractivity contribution in [1.82, 2.24) is 24.8 Å². The fraction of sp³-hybridized carbons (Fsp3) is 0.571. The van der Waals surface area contributed by atoms with Crippen molar-refractivity contribution < 1.29 is 52.0 Å². The highest BCUT2D eigenvalue weighted by Crippen LogP contribution is 2.34. The lowest BCUT2D eigenvalue weighted by Crippen LogP contribution is -2.38. The van der Waals surface area contributed by atoms with Crippen LogP contribution < -0.4 is 16.0 Å². The molecule has 39 heavy (non-hydrogen) atoms. The molecule has 18 heteroatoms. The molecule has 3 rings (SSSR count). The third kappa shape index (κ3) is 7.43. The van der Waals surface area contributed by atoms with Crippen molar-refractivity contribution in [2.75, 3.05) is 30.4 Å². The van der Waals surface area contributed by atoms with Gasteiger partial charge in [-0.2, -0.15) is 23.1 Å². The molecule has 15 nitrogen and oxygen atoms in total. The number of rotatable bonds is 11. The first-order chi connectivity index (χ1) is 18.3. The zero-order valence-corrected chi connectivity index (χ0v) is 20.7. The molecule has 2 aromatic heterocycles. The molecule has 5 N–H and O–H groups in total. The maximum absolute atomic E-state index is 12.3. The number of nitrogens with zero attached hydrogens (tertiary/aromatic N) is 4. The molecule has 0 spiro atoms. The van der Waals surface area contributed by atoms with Crippen LogP contribution in [0.4, 0.5) is 24.9 Å². The zero-order valence-electron chi connectivity index (χ0n) is 20.7. The number of carbonyl (C=O) groups excluding carboxylic acids is 4. The molecule has 4 atom stereocenters. The SMILES string of the molecule is CC(=O)Nc1nc(NC(C)=O)c2ncn([C@@H]3O[C@H](CO)C(O)[C@@H]3OCC(=O)NCCCC(=O)C(F)(F)F)c2n1. The first kappa shape index (κ1) is 29.8. The number of nitrogens with one attached hydrogen (secondary N) is 3. The fourth-order valence-corrected chi connectivity index (χ4v) is 3.68. The van der Waals surface area contributed by atoms with Crippen LogP contribution in [0.5, 0.6) is 0 Å². The van der Waals surface area contributed by atoms with Crippen molar-refractivity contribution in [2.24, 2.45) is 0 Å². The second kappa shape index (κ2) is 12.4. The van der Waals surface area contributed by atoms with Gasteiger partial charge in [0.15, 0.2) is 23.2 Å². The number of hydrogen-bond donors (Lipinski definition) is 5. The van der Waals surface area contributed by atoms with Gasteiger partial charge in [-0.05, 0) is 6.42 Å². The van der Waals surface area contributed by atoms with Gasteiger partial charge in [0.2, 0.25) is 29.5 Å². The maximum atomic E-state index is 12.3. The Kier molecular flexibility index (Phi) is 9.49. The Labute approximate surface area is 218 Å². The van der Waals surface area contributed by atoms with E-state index in [0.717, 1.165) is 0 Å². The minimum absolute atomic E-state index is 0.0342. The van der Waals surface area contributed by atoms with Crippen molar-refractivity contribution in [3.05, 3.63) is 6.33 Å². The van der Waals surface area contributed by atoms with E-state index in [1.807, 2.05) is 0 Å².